The summed E-state index contributed by atoms with van der Waals surface area (Å²) in [7, 11) is 1.41. The number of furan rings is 1. The number of benzene rings is 2. The molecular formula is C18H15NO5. The van der Waals surface area contributed by atoms with Gasteiger partial charge in [-0.25, -0.2) is 4.79 Å². The number of hydrogen-bond acceptors (Lipinski definition) is 4. The standard InChI is InChI=1S/C18H15NO5/c1-23-15-7-6-11(8-13(15)18(21)22)10-19-17(20)16-9-12-4-2-3-5-14(12)24-16/h2-9H,10H2,1H3,(H,19,20)(H,21,22). The van der Waals surface area contributed by atoms with Crippen molar-refractivity contribution in [2.75, 3.05) is 7.11 Å². The lowest BCUT2D eigenvalue weighted by molar-refractivity contribution is 0.0693. The molecule has 0 fully saturated rings. The Bertz CT molecular complexity index is 880. The Balaban J connectivity index is 1.74. The van der Waals surface area contributed by atoms with Gasteiger partial charge in [0.15, 0.2) is 5.76 Å². The first-order chi connectivity index (χ1) is 11.6. The maximum absolute atomic E-state index is 12.2. The molecule has 1 amide bonds. The minimum absolute atomic E-state index is 0.0491. The van der Waals surface area contributed by atoms with Crippen LogP contribution in [0.15, 0.2) is 52.9 Å². The molecule has 0 atom stereocenters. The summed E-state index contributed by atoms with van der Waals surface area (Å²) in [6.45, 7) is 0.181. The van der Waals surface area contributed by atoms with Crippen LogP contribution in [0.1, 0.15) is 26.5 Å². The number of nitrogens with one attached hydrogen (secondary N) is 1. The number of carboxylic acids is 1. The van der Waals surface area contributed by atoms with Crippen LogP contribution in [0, 0.1) is 0 Å². The van der Waals surface area contributed by atoms with Crippen molar-refractivity contribution in [1.82, 2.24) is 5.32 Å². The van der Waals surface area contributed by atoms with Crippen LogP contribution in [0.3, 0.4) is 0 Å². The third-order valence-corrected chi connectivity index (χ3v) is 3.60. The monoisotopic (exact) mass is 325 g/mol. The molecule has 0 spiro atoms. The van der Waals surface area contributed by atoms with E-state index < -0.39 is 5.97 Å². The van der Waals surface area contributed by atoms with E-state index in [2.05, 4.69) is 5.32 Å². The van der Waals surface area contributed by atoms with Crippen LogP contribution in [-0.2, 0) is 6.54 Å². The van der Waals surface area contributed by atoms with Gasteiger partial charge < -0.3 is 19.6 Å². The topological polar surface area (TPSA) is 88.8 Å². The van der Waals surface area contributed by atoms with Crippen LogP contribution in [0.4, 0.5) is 0 Å². The van der Waals surface area contributed by atoms with Crippen molar-refractivity contribution >= 4 is 22.8 Å². The molecule has 2 aromatic carbocycles. The van der Waals surface area contributed by atoms with Crippen molar-refractivity contribution in [2.24, 2.45) is 0 Å². The van der Waals surface area contributed by atoms with Gasteiger partial charge in [-0.15, -0.1) is 0 Å². The third kappa shape index (κ3) is 3.08. The van der Waals surface area contributed by atoms with E-state index in [0.717, 1.165) is 5.39 Å². The molecule has 3 rings (SSSR count). The molecule has 0 saturated carbocycles. The van der Waals surface area contributed by atoms with E-state index in [1.165, 1.54) is 13.2 Å². The highest BCUT2D eigenvalue weighted by molar-refractivity contribution is 5.96. The summed E-state index contributed by atoms with van der Waals surface area (Å²) in [5.41, 5.74) is 1.34. The molecule has 24 heavy (non-hydrogen) atoms. The Morgan fingerprint density at radius 1 is 1.17 bits per heavy atom. The molecular weight excluding hydrogens is 310 g/mol. The number of rotatable bonds is 5. The van der Waals surface area contributed by atoms with Crippen LogP contribution in [0.5, 0.6) is 5.75 Å². The molecule has 0 saturated heterocycles. The lowest BCUT2D eigenvalue weighted by atomic mass is 10.1. The molecule has 1 heterocycles. The molecule has 6 nitrogen and oxygen atoms in total. The van der Waals surface area contributed by atoms with Crippen molar-refractivity contribution in [3.05, 3.63) is 65.4 Å². The average molecular weight is 325 g/mol. The Morgan fingerprint density at radius 2 is 1.96 bits per heavy atom. The first-order valence-electron chi connectivity index (χ1n) is 7.25. The zero-order chi connectivity index (χ0) is 17.1. The average Bonchev–Trinajstić information content (AvgIpc) is 3.03. The zero-order valence-corrected chi connectivity index (χ0v) is 12.9. The molecule has 6 heteroatoms. The quantitative estimate of drug-likeness (QED) is 0.752. The van der Waals surface area contributed by atoms with Crippen molar-refractivity contribution in [2.45, 2.75) is 6.54 Å². The van der Waals surface area contributed by atoms with Crippen LogP contribution in [-0.4, -0.2) is 24.1 Å². The van der Waals surface area contributed by atoms with Gasteiger partial charge >= 0.3 is 5.97 Å². The van der Waals surface area contributed by atoms with Gasteiger partial charge in [0.2, 0.25) is 0 Å². The highest BCUT2D eigenvalue weighted by Gasteiger charge is 2.14. The maximum Gasteiger partial charge on any atom is 0.339 e. The fourth-order valence-corrected chi connectivity index (χ4v) is 2.40. The van der Waals surface area contributed by atoms with Crippen LogP contribution in [0.2, 0.25) is 0 Å². The molecule has 0 aliphatic heterocycles. The lowest BCUT2D eigenvalue weighted by Gasteiger charge is -2.08. The molecule has 3 aromatic rings. The van der Waals surface area contributed by atoms with Crippen LogP contribution >= 0.6 is 0 Å². The number of amides is 1. The SMILES string of the molecule is COc1ccc(CNC(=O)c2cc3ccccc3o2)cc1C(=O)O. The zero-order valence-electron chi connectivity index (χ0n) is 12.9. The predicted octanol–water partition coefficient (Wildman–Crippen LogP) is 3.07. The number of aromatic carboxylic acids is 1. The molecule has 0 aliphatic carbocycles. The second-order valence-electron chi connectivity index (χ2n) is 5.17. The van der Waals surface area contributed by atoms with Gasteiger partial charge in [0.05, 0.1) is 7.11 Å². The summed E-state index contributed by atoms with van der Waals surface area (Å²) in [5.74, 6) is -0.964. The number of methoxy groups -OCH3 is 1. The number of hydrogen-bond donors (Lipinski definition) is 2. The van der Waals surface area contributed by atoms with E-state index >= 15 is 0 Å². The molecule has 122 valence electrons. The second-order valence-corrected chi connectivity index (χ2v) is 5.17. The van der Waals surface area contributed by atoms with Gasteiger partial charge in [-0.2, -0.15) is 0 Å². The summed E-state index contributed by atoms with van der Waals surface area (Å²) < 4.78 is 10.5. The van der Waals surface area contributed by atoms with Crippen molar-refractivity contribution < 1.29 is 23.8 Å². The van der Waals surface area contributed by atoms with E-state index in [4.69, 9.17) is 9.15 Å². The summed E-state index contributed by atoms with van der Waals surface area (Å²) >= 11 is 0. The maximum atomic E-state index is 12.2. The number of carboxylic acid groups (broad SMARTS) is 1. The molecule has 0 radical (unpaired) electrons. The Labute approximate surface area is 137 Å². The van der Waals surface area contributed by atoms with E-state index in [-0.39, 0.29) is 29.5 Å². The van der Waals surface area contributed by atoms with Crippen molar-refractivity contribution in [1.29, 1.82) is 0 Å². The Morgan fingerprint density at radius 3 is 2.67 bits per heavy atom. The lowest BCUT2D eigenvalue weighted by Crippen LogP contribution is -2.22. The molecule has 0 unspecified atom stereocenters. The highest BCUT2D eigenvalue weighted by Crippen LogP contribution is 2.21. The Hall–Kier alpha value is -3.28. The number of carbonyl (C=O) groups is 2. The molecule has 0 aliphatic rings. The minimum Gasteiger partial charge on any atom is -0.496 e. The van der Waals surface area contributed by atoms with Gasteiger partial charge in [-0.05, 0) is 29.8 Å². The summed E-state index contributed by atoms with van der Waals surface area (Å²) in [5, 5.41) is 12.7. The second kappa shape index (κ2) is 6.45. The first kappa shape index (κ1) is 15.6. The van der Waals surface area contributed by atoms with Gasteiger partial charge in [0.25, 0.3) is 5.91 Å². The van der Waals surface area contributed by atoms with E-state index in [9.17, 15) is 14.7 Å². The predicted molar refractivity (Wildman–Crippen MR) is 87.3 cm³/mol. The fraction of sp³-hybridized carbons (Fsp3) is 0.111. The van der Waals surface area contributed by atoms with Gasteiger partial charge in [0.1, 0.15) is 16.9 Å². The van der Waals surface area contributed by atoms with Gasteiger partial charge in [0, 0.05) is 11.9 Å². The van der Waals surface area contributed by atoms with Crippen molar-refractivity contribution in [3.8, 4) is 5.75 Å². The van der Waals surface area contributed by atoms with E-state index in [0.29, 0.717) is 11.1 Å². The van der Waals surface area contributed by atoms with E-state index in [1.54, 1.807) is 24.3 Å². The van der Waals surface area contributed by atoms with E-state index in [1.807, 2.05) is 18.2 Å². The summed E-state index contributed by atoms with van der Waals surface area (Å²) in [6.07, 6.45) is 0. The molecule has 1 aromatic heterocycles. The van der Waals surface area contributed by atoms with Crippen LogP contribution in [0.25, 0.3) is 11.0 Å². The minimum atomic E-state index is -1.09. The Kier molecular flexibility index (Phi) is 4.20. The molecule has 0 bridgehead atoms. The van der Waals surface area contributed by atoms with Gasteiger partial charge in [-0.3, -0.25) is 4.79 Å². The first-order valence-corrected chi connectivity index (χ1v) is 7.25. The summed E-state index contributed by atoms with van der Waals surface area (Å²) in [4.78, 5) is 23.4. The fourth-order valence-electron chi connectivity index (χ4n) is 2.40. The van der Waals surface area contributed by atoms with Gasteiger partial charge in [-0.1, -0.05) is 24.3 Å². The largest absolute Gasteiger partial charge is 0.496 e. The number of ether oxygens (including phenoxy) is 1. The number of carbonyl (C=O) groups excluding carboxylic acids is 1. The van der Waals surface area contributed by atoms with Crippen molar-refractivity contribution in [3.63, 3.8) is 0 Å². The summed E-state index contributed by atoms with van der Waals surface area (Å²) in [6, 6.07) is 13.7. The normalized spacial score (nSPS) is 10.5. The number of para-hydroxylation sites is 1. The third-order valence-electron chi connectivity index (χ3n) is 3.60. The molecule has 2 N–H and O–H groups in total. The smallest absolute Gasteiger partial charge is 0.339 e. The van der Waals surface area contributed by atoms with Crippen LogP contribution < -0.4 is 10.1 Å². The number of fused-ring (bicyclic) bond motifs is 1. The highest BCUT2D eigenvalue weighted by atomic mass is 16.5.